The molecule has 0 bridgehead atoms. The highest BCUT2D eigenvalue weighted by molar-refractivity contribution is 9.10. The summed E-state index contributed by atoms with van der Waals surface area (Å²) >= 11 is 3.39. The molecule has 1 unspecified atom stereocenters. The molecule has 86 valence electrons. The standard InChI is InChI=1S/C13H17BrN2/c1-4-12(9(2)3)16-13-7-5-6-11(14)10(13)8-15/h5-7,9,12,16H,4H2,1-3H3. The lowest BCUT2D eigenvalue weighted by Gasteiger charge is -2.22. The number of nitriles is 1. The van der Waals surface area contributed by atoms with Gasteiger partial charge in [0.1, 0.15) is 6.07 Å². The number of anilines is 1. The zero-order valence-electron chi connectivity index (χ0n) is 9.92. The molecular formula is C13H17BrN2. The van der Waals surface area contributed by atoms with E-state index in [2.05, 4.69) is 48.1 Å². The number of nitrogens with zero attached hydrogens (tertiary/aromatic N) is 1. The molecule has 0 aliphatic heterocycles. The molecule has 0 aliphatic rings. The van der Waals surface area contributed by atoms with Crippen LogP contribution in [0.5, 0.6) is 0 Å². The topological polar surface area (TPSA) is 35.8 Å². The molecule has 3 heteroatoms. The third-order valence-electron chi connectivity index (χ3n) is 2.71. The Balaban J connectivity index is 2.97. The van der Waals surface area contributed by atoms with E-state index in [0.717, 1.165) is 16.6 Å². The normalized spacial score (nSPS) is 12.2. The molecule has 1 atom stereocenters. The SMILES string of the molecule is CCC(Nc1cccc(Br)c1C#N)C(C)C. The van der Waals surface area contributed by atoms with Crippen molar-refractivity contribution in [1.82, 2.24) is 0 Å². The predicted molar refractivity (Wildman–Crippen MR) is 71.4 cm³/mol. The Hall–Kier alpha value is -1.01. The molecular weight excluding hydrogens is 264 g/mol. The Morgan fingerprint density at radius 2 is 2.12 bits per heavy atom. The molecule has 0 heterocycles. The highest BCUT2D eigenvalue weighted by Crippen LogP contribution is 2.25. The molecule has 0 spiro atoms. The van der Waals surface area contributed by atoms with Crippen molar-refractivity contribution < 1.29 is 0 Å². The minimum atomic E-state index is 0.404. The Kier molecular flexibility index (Phi) is 4.82. The third-order valence-corrected chi connectivity index (χ3v) is 3.37. The summed E-state index contributed by atoms with van der Waals surface area (Å²) in [7, 11) is 0. The summed E-state index contributed by atoms with van der Waals surface area (Å²) in [4.78, 5) is 0. The molecule has 0 aliphatic carbocycles. The van der Waals surface area contributed by atoms with Gasteiger partial charge in [0, 0.05) is 10.5 Å². The largest absolute Gasteiger partial charge is 0.381 e. The van der Waals surface area contributed by atoms with Crippen molar-refractivity contribution in [2.75, 3.05) is 5.32 Å². The lowest BCUT2D eigenvalue weighted by atomic mass is 10.0. The van der Waals surface area contributed by atoms with E-state index in [1.807, 2.05) is 18.2 Å². The fourth-order valence-corrected chi connectivity index (χ4v) is 2.15. The van der Waals surface area contributed by atoms with Crippen molar-refractivity contribution in [2.45, 2.75) is 33.2 Å². The third kappa shape index (κ3) is 2.99. The van der Waals surface area contributed by atoms with Crippen molar-refractivity contribution in [3.8, 4) is 6.07 Å². The van der Waals surface area contributed by atoms with Crippen LogP contribution >= 0.6 is 15.9 Å². The molecule has 2 nitrogen and oxygen atoms in total. The molecule has 0 aromatic heterocycles. The molecule has 0 saturated heterocycles. The van der Waals surface area contributed by atoms with Crippen LogP contribution in [0.2, 0.25) is 0 Å². The lowest BCUT2D eigenvalue weighted by Crippen LogP contribution is -2.25. The zero-order valence-corrected chi connectivity index (χ0v) is 11.5. The minimum Gasteiger partial charge on any atom is -0.381 e. The van der Waals surface area contributed by atoms with Crippen LogP contribution in [-0.2, 0) is 0 Å². The van der Waals surface area contributed by atoms with E-state index < -0.39 is 0 Å². The monoisotopic (exact) mass is 280 g/mol. The van der Waals surface area contributed by atoms with E-state index in [-0.39, 0.29) is 0 Å². The maximum absolute atomic E-state index is 9.10. The first-order chi connectivity index (χ1) is 7.60. The molecule has 16 heavy (non-hydrogen) atoms. The molecule has 0 amide bonds. The van der Waals surface area contributed by atoms with Crippen LogP contribution in [0.25, 0.3) is 0 Å². The molecule has 1 rings (SSSR count). The number of nitrogens with one attached hydrogen (secondary N) is 1. The van der Waals surface area contributed by atoms with E-state index in [4.69, 9.17) is 5.26 Å². The van der Waals surface area contributed by atoms with Gasteiger partial charge in [-0.05, 0) is 40.4 Å². The fourth-order valence-electron chi connectivity index (χ4n) is 1.70. The van der Waals surface area contributed by atoms with Crippen molar-refractivity contribution >= 4 is 21.6 Å². The fraction of sp³-hybridized carbons (Fsp3) is 0.462. The van der Waals surface area contributed by atoms with Crippen LogP contribution in [0.1, 0.15) is 32.8 Å². The average molecular weight is 281 g/mol. The summed E-state index contributed by atoms with van der Waals surface area (Å²) in [5.41, 5.74) is 1.60. The van der Waals surface area contributed by atoms with Gasteiger partial charge in [-0.3, -0.25) is 0 Å². The molecule has 1 N–H and O–H groups in total. The Labute approximate surface area is 106 Å². The number of hydrogen-bond donors (Lipinski definition) is 1. The summed E-state index contributed by atoms with van der Waals surface area (Å²) in [5.74, 6) is 0.551. The van der Waals surface area contributed by atoms with Crippen molar-refractivity contribution in [3.05, 3.63) is 28.2 Å². The number of benzene rings is 1. The lowest BCUT2D eigenvalue weighted by molar-refractivity contribution is 0.511. The van der Waals surface area contributed by atoms with Gasteiger partial charge in [0.15, 0.2) is 0 Å². The zero-order chi connectivity index (χ0) is 12.1. The summed E-state index contributed by atoms with van der Waals surface area (Å²) in [6.45, 7) is 6.53. The maximum Gasteiger partial charge on any atom is 0.103 e. The average Bonchev–Trinajstić information content (AvgIpc) is 2.25. The maximum atomic E-state index is 9.10. The summed E-state index contributed by atoms with van der Waals surface area (Å²) in [5, 5.41) is 12.5. The van der Waals surface area contributed by atoms with Crippen molar-refractivity contribution in [2.24, 2.45) is 5.92 Å². The quantitative estimate of drug-likeness (QED) is 0.899. The molecule has 0 fully saturated rings. The van der Waals surface area contributed by atoms with Gasteiger partial charge in [-0.2, -0.15) is 5.26 Å². The first kappa shape index (κ1) is 13.1. The highest BCUT2D eigenvalue weighted by Gasteiger charge is 2.13. The summed E-state index contributed by atoms with van der Waals surface area (Å²) < 4.78 is 0.846. The van der Waals surface area contributed by atoms with Gasteiger partial charge in [0.2, 0.25) is 0 Å². The number of rotatable bonds is 4. The van der Waals surface area contributed by atoms with Crippen LogP contribution in [0, 0.1) is 17.2 Å². The van der Waals surface area contributed by atoms with Crippen LogP contribution in [-0.4, -0.2) is 6.04 Å². The number of halogens is 1. The van der Waals surface area contributed by atoms with Crippen LogP contribution in [0.3, 0.4) is 0 Å². The first-order valence-corrected chi connectivity index (χ1v) is 6.34. The van der Waals surface area contributed by atoms with Crippen LogP contribution in [0.4, 0.5) is 5.69 Å². The highest BCUT2D eigenvalue weighted by atomic mass is 79.9. The van der Waals surface area contributed by atoms with E-state index in [1.165, 1.54) is 0 Å². The van der Waals surface area contributed by atoms with E-state index in [1.54, 1.807) is 0 Å². The van der Waals surface area contributed by atoms with Crippen molar-refractivity contribution in [1.29, 1.82) is 5.26 Å². The second kappa shape index (κ2) is 5.91. The summed E-state index contributed by atoms with van der Waals surface area (Å²) in [6, 6.07) is 8.41. The van der Waals surface area contributed by atoms with Gasteiger partial charge < -0.3 is 5.32 Å². The summed E-state index contributed by atoms with van der Waals surface area (Å²) in [6.07, 6.45) is 1.05. The second-order valence-corrected chi connectivity index (χ2v) is 5.03. The van der Waals surface area contributed by atoms with E-state index in [0.29, 0.717) is 17.5 Å². The van der Waals surface area contributed by atoms with Gasteiger partial charge in [-0.25, -0.2) is 0 Å². The first-order valence-electron chi connectivity index (χ1n) is 5.55. The molecule has 1 aromatic carbocycles. The van der Waals surface area contributed by atoms with E-state index in [9.17, 15) is 0 Å². The Bertz CT molecular complexity index is 393. The molecule has 0 radical (unpaired) electrons. The van der Waals surface area contributed by atoms with Crippen LogP contribution in [0.15, 0.2) is 22.7 Å². The Morgan fingerprint density at radius 3 is 2.62 bits per heavy atom. The van der Waals surface area contributed by atoms with Gasteiger partial charge in [-0.15, -0.1) is 0 Å². The smallest absolute Gasteiger partial charge is 0.103 e. The molecule has 0 saturated carbocycles. The minimum absolute atomic E-state index is 0.404. The van der Waals surface area contributed by atoms with E-state index >= 15 is 0 Å². The second-order valence-electron chi connectivity index (χ2n) is 4.18. The van der Waals surface area contributed by atoms with Gasteiger partial charge >= 0.3 is 0 Å². The van der Waals surface area contributed by atoms with Crippen molar-refractivity contribution in [3.63, 3.8) is 0 Å². The van der Waals surface area contributed by atoms with Crippen LogP contribution < -0.4 is 5.32 Å². The Morgan fingerprint density at radius 1 is 1.44 bits per heavy atom. The predicted octanol–water partition coefficient (Wildman–Crippen LogP) is 4.17. The van der Waals surface area contributed by atoms with Gasteiger partial charge in [-0.1, -0.05) is 26.8 Å². The molecule has 1 aromatic rings. The van der Waals surface area contributed by atoms with Gasteiger partial charge in [0.05, 0.1) is 11.3 Å². The number of hydrogen-bond acceptors (Lipinski definition) is 2. The van der Waals surface area contributed by atoms with Gasteiger partial charge in [0.25, 0.3) is 0 Å².